The van der Waals surface area contributed by atoms with Crippen molar-refractivity contribution < 1.29 is 4.79 Å². The van der Waals surface area contributed by atoms with E-state index in [9.17, 15) is 4.79 Å². The Hall–Kier alpha value is 0.0700. The lowest BCUT2D eigenvalue weighted by Gasteiger charge is -2.44. The highest BCUT2D eigenvalue weighted by atomic mass is 35.5. The smallest absolute Gasteiger partial charge is 0.240 e. The Morgan fingerprint density at radius 2 is 1.79 bits per heavy atom. The summed E-state index contributed by atoms with van der Waals surface area (Å²) in [7, 11) is 0. The monoisotopic (exact) mass is 304 g/mol. The summed E-state index contributed by atoms with van der Waals surface area (Å²) in [5.41, 5.74) is 0.604. The minimum Gasteiger partial charge on any atom is -0.341 e. The van der Waals surface area contributed by atoms with Crippen LogP contribution in [0.5, 0.6) is 0 Å². The number of halogens is 1. The number of hydrogen-bond donors (Lipinski definition) is 1. The predicted octanol–water partition coefficient (Wildman–Crippen LogP) is 2.64. The van der Waals surface area contributed by atoms with Crippen LogP contribution < -0.4 is 5.32 Å². The zero-order valence-corrected chi connectivity index (χ0v) is 13.2. The number of thioether (sulfide) groups is 1. The van der Waals surface area contributed by atoms with Gasteiger partial charge in [-0.25, -0.2) is 0 Å². The van der Waals surface area contributed by atoms with Crippen LogP contribution in [0.3, 0.4) is 0 Å². The van der Waals surface area contributed by atoms with Gasteiger partial charge in [-0.05, 0) is 31.1 Å². The third-order valence-corrected chi connectivity index (χ3v) is 6.00. The number of hydrogen-bond acceptors (Lipinski definition) is 3. The van der Waals surface area contributed by atoms with Gasteiger partial charge in [0.25, 0.3) is 0 Å². The van der Waals surface area contributed by atoms with Crippen molar-refractivity contribution in [2.75, 3.05) is 24.7 Å². The second-order valence-electron chi connectivity index (χ2n) is 6.16. The second kappa shape index (κ2) is 6.68. The van der Waals surface area contributed by atoms with Crippen molar-refractivity contribution in [3.8, 4) is 0 Å². The van der Waals surface area contributed by atoms with Crippen molar-refractivity contribution in [2.45, 2.75) is 51.0 Å². The van der Waals surface area contributed by atoms with Crippen LogP contribution in [0.1, 0.15) is 44.9 Å². The highest BCUT2D eigenvalue weighted by Crippen LogP contribution is 2.44. The number of nitrogens with one attached hydrogen (secondary N) is 1. The molecule has 1 spiro atoms. The lowest BCUT2D eigenvalue weighted by molar-refractivity contribution is -0.135. The summed E-state index contributed by atoms with van der Waals surface area (Å²) < 4.78 is 0. The van der Waals surface area contributed by atoms with Crippen molar-refractivity contribution in [3.63, 3.8) is 0 Å². The third kappa shape index (κ3) is 3.40. The Morgan fingerprint density at radius 3 is 2.37 bits per heavy atom. The first-order chi connectivity index (χ1) is 8.79. The van der Waals surface area contributed by atoms with Gasteiger partial charge in [0, 0.05) is 24.7 Å². The standard InChI is InChI=1S/C14H24N2OS.ClH/c17-13(12-10-18-11-15-12)16-8-6-14(7-9-16)4-2-1-3-5-14;/h12,15H,1-11H2;1H. The quantitative estimate of drug-likeness (QED) is 0.808. The Kier molecular flexibility index (Phi) is 5.44. The van der Waals surface area contributed by atoms with Gasteiger partial charge in [0.2, 0.25) is 5.91 Å². The molecule has 110 valence electrons. The average molecular weight is 305 g/mol. The highest BCUT2D eigenvalue weighted by Gasteiger charge is 2.38. The number of carbonyl (C=O) groups is 1. The van der Waals surface area contributed by atoms with Crippen molar-refractivity contribution in [1.82, 2.24) is 10.2 Å². The molecule has 0 aromatic heterocycles. The number of likely N-dealkylation sites (tertiary alicyclic amines) is 1. The van der Waals surface area contributed by atoms with E-state index in [1.807, 2.05) is 11.8 Å². The average Bonchev–Trinajstić information content (AvgIpc) is 2.94. The minimum absolute atomic E-state index is 0. The Bertz CT molecular complexity index is 305. The van der Waals surface area contributed by atoms with E-state index in [1.54, 1.807) is 0 Å². The van der Waals surface area contributed by atoms with Crippen LogP contribution in [0.4, 0.5) is 0 Å². The first-order valence-electron chi connectivity index (χ1n) is 7.39. The number of piperidine rings is 1. The fraction of sp³-hybridized carbons (Fsp3) is 0.929. The molecule has 0 aromatic carbocycles. The van der Waals surface area contributed by atoms with Gasteiger partial charge in [0.15, 0.2) is 0 Å². The lowest BCUT2D eigenvalue weighted by atomic mass is 9.68. The molecule has 0 bridgehead atoms. The van der Waals surface area contributed by atoms with E-state index in [1.165, 1.54) is 44.9 Å². The van der Waals surface area contributed by atoms with Gasteiger partial charge in [-0.2, -0.15) is 0 Å². The number of carbonyl (C=O) groups excluding carboxylic acids is 1. The van der Waals surface area contributed by atoms with Crippen LogP contribution >= 0.6 is 24.2 Å². The Labute approximate surface area is 126 Å². The normalized spacial score (nSPS) is 30.1. The molecule has 0 aromatic rings. The molecular formula is C14H25ClN2OS. The Balaban J connectivity index is 0.00000133. The molecule has 0 radical (unpaired) electrons. The molecule has 3 fully saturated rings. The van der Waals surface area contributed by atoms with E-state index in [0.717, 1.165) is 24.7 Å². The predicted molar refractivity (Wildman–Crippen MR) is 82.8 cm³/mol. The molecule has 1 N–H and O–H groups in total. The molecule has 1 saturated carbocycles. The summed E-state index contributed by atoms with van der Waals surface area (Å²) in [5, 5.41) is 3.30. The van der Waals surface area contributed by atoms with Crippen LogP contribution in [0.15, 0.2) is 0 Å². The van der Waals surface area contributed by atoms with E-state index in [-0.39, 0.29) is 18.4 Å². The van der Waals surface area contributed by atoms with Gasteiger partial charge in [-0.3, -0.25) is 10.1 Å². The number of nitrogens with zero attached hydrogens (tertiary/aromatic N) is 1. The molecule has 2 saturated heterocycles. The molecule has 2 aliphatic heterocycles. The van der Waals surface area contributed by atoms with Gasteiger partial charge in [0.05, 0.1) is 6.04 Å². The summed E-state index contributed by atoms with van der Waals surface area (Å²) in [4.78, 5) is 14.4. The molecular weight excluding hydrogens is 280 g/mol. The molecule has 19 heavy (non-hydrogen) atoms. The first kappa shape index (κ1) is 15.5. The van der Waals surface area contributed by atoms with E-state index in [4.69, 9.17) is 0 Å². The second-order valence-corrected chi connectivity index (χ2v) is 7.19. The van der Waals surface area contributed by atoms with Crippen LogP contribution in [0.25, 0.3) is 0 Å². The molecule has 5 heteroatoms. The molecule has 2 heterocycles. The van der Waals surface area contributed by atoms with Crippen molar-refractivity contribution in [1.29, 1.82) is 0 Å². The van der Waals surface area contributed by atoms with Gasteiger partial charge in [-0.15, -0.1) is 24.2 Å². The SMILES string of the molecule is Cl.O=C(C1CSCN1)N1CCC2(CCCCC2)CC1. The molecule has 3 aliphatic rings. The maximum Gasteiger partial charge on any atom is 0.240 e. The van der Waals surface area contributed by atoms with Crippen LogP contribution in [-0.4, -0.2) is 41.6 Å². The summed E-state index contributed by atoms with van der Waals surface area (Å²) in [6.07, 6.45) is 9.56. The zero-order chi connectivity index (χ0) is 12.4. The maximum atomic E-state index is 12.3. The largest absolute Gasteiger partial charge is 0.341 e. The number of rotatable bonds is 1. The van der Waals surface area contributed by atoms with Crippen LogP contribution in [0, 0.1) is 5.41 Å². The number of amides is 1. The maximum absolute atomic E-state index is 12.3. The van der Waals surface area contributed by atoms with E-state index < -0.39 is 0 Å². The van der Waals surface area contributed by atoms with Gasteiger partial charge in [0.1, 0.15) is 0 Å². The van der Waals surface area contributed by atoms with Crippen LogP contribution in [-0.2, 0) is 4.79 Å². The lowest BCUT2D eigenvalue weighted by Crippen LogP contribution is -2.50. The van der Waals surface area contributed by atoms with Crippen molar-refractivity contribution >= 4 is 30.1 Å². The van der Waals surface area contributed by atoms with Gasteiger partial charge in [-0.1, -0.05) is 19.3 Å². The van der Waals surface area contributed by atoms with Crippen LogP contribution in [0.2, 0.25) is 0 Å². The van der Waals surface area contributed by atoms with Crippen molar-refractivity contribution in [3.05, 3.63) is 0 Å². The molecule has 1 aliphatic carbocycles. The summed E-state index contributed by atoms with van der Waals surface area (Å²) in [5.74, 6) is 2.25. The fourth-order valence-electron chi connectivity index (χ4n) is 3.78. The molecule has 1 atom stereocenters. The van der Waals surface area contributed by atoms with Gasteiger partial charge < -0.3 is 4.90 Å². The molecule has 1 amide bonds. The first-order valence-corrected chi connectivity index (χ1v) is 8.55. The zero-order valence-electron chi connectivity index (χ0n) is 11.5. The third-order valence-electron chi connectivity index (χ3n) is 5.06. The van der Waals surface area contributed by atoms with E-state index >= 15 is 0 Å². The fourth-order valence-corrected chi connectivity index (χ4v) is 4.71. The Morgan fingerprint density at radius 1 is 1.11 bits per heavy atom. The molecule has 1 unspecified atom stereocenters. The van der Waals surface area contributed by atoms with E-state index in [0.29, 0.717) is 11.3 Å². The molecule has 3 rings (SSSR count). The molecule has 3 nitrogen and oxygen atoms in total. The van der Waals surface area contributed by atoms with Gasteiger partial charge >= 0.3 is 0 Å². The van der Waals surface area contributed by atoms with E-state index in [2.05, 4.69) is 10.2 Å². The minimum atomic E-state index is 0. The summed E-state index contributed by atoms with van der Waals surface area (Å²) >= 11 is 1.84. The van der Waals surface area contributed by atoms with Crippen molar-refractivity contribution in [2.24, 2.45) is 5.41 Å². The summed E-state index contributed by atoms with van der Waals surface area (Å²) in [6, 6.07) is 0.0930. The summed E-state index contributed by atoms with van der Waals surface area (Å²) in [6.45, 7) is 2.00. The highest BCUT2D eigenvalue weighted by molar-refractivity contribution is 7.99. The topological polar surface area (TPSA) is 32.3 Å².